The molecule has 4 rings (SSSR count). The van der Waals surface area contributed by atoms with Crippen LogP contribution >= 0.6 is 0 Å². The highest BCUT2D eigenvalue weighted by Gasteiger charge is 2.39. The minimum absolute atomic E-state index is 0.0244. The number of carbonyl (C=O) groups excluding carboxylic acids is 3. The second-order valence-electron chi connectivity index (χ2n) is 8.08. The maximum absolute atomic E-state index is 13.0. The van der Waals surface area contributed by atoms with Crippen LogP contribution in [0.15, 0.2) is 18.2 Å². The molecule has 0 unspecified atom stereocenters. The van der Waals surface area contributed by atoms with Crippen molar-refractivity contribution in [2.45, 2.75) is 38.5 Å². The van der Waals surface area contributed by atoms with Crippen LogP contribution in [-0.2, 0) is 15.0 Å². The number of fused-ring (bicyclic) bond motifs is 1. The minimum Gasteiger partial charge on any atom is -0.341 e. The second kappa shape index (κ2) is 6.11. The van der Waals surface area contributed by atoms with E-state index in [0.29, 0.717) is 25.2 Å². The van der Waals surface area contributed by atoms with Gasteiger partial charge in [0.1, 0.15) is 0 Å². The molecule has 26 heavy (non-hydrogen) atoms. The van der Waals surface area contributed by atoms with E-state index in [4.69, 9.17) is 0 Å². The predicted molar refractivity (Wildman–Crippen MR) is 97.9 cm³/mol. The first-order valence-corrected chi connectivity index (χ1v) is 9.42. The minimum atomic E-state index is -0.627. The molecule has 0 atom stereocenters. The van der Waals surface area contributed by atoms with E-state index >= 15 is 0 Å². The summed E-state index contributed by atoms with van der Waals surface area (Å²) >= 11 is 0. The van der Waals surface area contributed by atoms with Crippen molar-refractivity contribution in [3.05, 3.63) is 29.3 Å². The van der Waals surface area contributed by atoms with Gasteiger partial charge in [-0.2, -0.15) is 0 Å². The van der Waals surface area contributed by atoms with Gasteiger partial charge in [0, 0.05) is 43.3 Å². The summed E-state index contributed by atoms with van der Waals surface area (Å²) in [5.74, 6) is 0.411. The summed E-state index contributed by atoms with van der Waals surface area (Å²) in [7, 11) is 0. The van der Waals surface area contributed by atoms with E-state index in [9.17, 15) is 14.4 Å². The molecule has 6 nitrogen and oxygen atoms in total. The molecule has 3 amide bonds. The van der Waals surface area contributed by atoms with E-state index in [2.05, 4.69) is 5.32 Å². The van der Waals surface area contributed by atoms with Gasteiger partial charge >= 0.3 is 0 Å². The lowest BCUT2D eigenvalue weighted by Crippen LogP contribution is -2.38. The molecule has 0 aromatic heterocycles. The van der Waals surface area contributed by atoms with Gasteiger partial charge in [-0.15, -0.1) is 0 Å². The molecule has 1 aromatic carbocycles. The molecule has 1 saturated carbocycles. The number of nitrogens with zero attached hydrogens (tertiary/aromatic N) is 2. The van der Waals surface area contributed by atoms with Crippen molar-refractivity contribution in [3.8, 4) is 0 Å². The fraction of sp³-hybridized carbons (Fsp3) is 0.550. The highest BCUT2D eigenvalue weighted by molar-refractivity contribution is 6.07. The number of nitrogens with one attached hydrogen (secondary N) is 1. The Labute approximate surface area is 153 Å². The van der Waals surface area contributed by atoms with Crippen LogP contribution in [0.25, 0.3) is 0 Å². The first-order valence-electron chi connectivity index (χ1n) is 9.42. The fourth-order valence-corrected chi connectivity index (χ4v) is 3.82. The van der Waals surface area contributed by atoms with Crippen LogP contribution in [-0.4, -0.2) is 53.7 Å². The average molecular weight is 355 g/mol. The highest BCUT2D eigenvalue weighted by Crippen LogP contribution is 2.38. The number of benzene rings is 1. The lowest BCUT2D eigenvalue weighted by molar-refractivity contribution is -0.132. The summed E-state index contributed by atoms with van der Waals surface area (Å²) in [6, 6.07) is 5.43. The molecule has 0 bridgehead atoms. The predicted octanol–water partition coefficient (Wildman–Crippen LogP) is 2.00. The smallest absolute Gasteiger partial charge is 0.253 e. The van der Waals surface area contributed by atoms with Crippen LogP contribution in [0.4, 0.5) is 5.69 Å². The second-order valence-corrected chi connectivity index (χ2v) is 8.08. The van der Waals surface area contributed by atoms with Crippen molar-refractivity contribution in [3.63, 3.8) is 0 Å². The largest absolute Gasteiger partial charge is 0.341 e. The van der Waals surface area contributed by atoms with Crippen molar-refractivity contribution >= 4 is 23.4 Å². The quantitative estimate of drug-likeness (QED) is 0.882. The van der Waals surface area contributed by atoms with E-state index in [1.54, 1.807) is 6.07 Å². The van der Waals surface area contributed by atoms with Gasteiger partial charge in [0.05, 0.1) is 5.41 Å². The fourth-order valence-electron chi connectivity index (χ4n) is 3.82. The van der Waals surface area contributed by atoms with E-state index in [0.717, 1.165) is 37.1 Å². The number of amides is 3. The van der Waals surface area contributed by atoms with Gasteiger partial charge in [0.15, 0.2) is 0 Å². The van der Waals surface area contributed by atoms with Gasteiger partial charge in [-0.25, -0.2) is 0 Å². The third kappa shape index (κ3) is 2.87. The zero-order valence-corrected chi connectivity index (χ0v) is 15.4. The van der Waals surface area contributed by atoms with Gasteiger partial charge in [-0.05, 0) is 56.9 Å². The summed E-state index contributed by atoms with van der Waals surface area (Å²) < 4.78 is 0. The summed E-state index contributed by atoms with van der Waals surface area (Å²) in [6.45, 7) is 6.30. The Morgan fingerprint density at radius 2 is 1.77 bits per heavy atom. The molecule has 1 aromatic rings. The van der Waals surface area contributed by atoms with Crippen molar-refractivity contribution in [1.82, 2.24) is 9.80 Å². The van der Waals surface area contributed by atoms with Gasteiger partial charge in [-0.1, -0.05) is 0 Å². The van der Waals surface area contributed by atoms with Crippen LogP contribution < -0.4 is 5.32 Å². The van der Waals surface area contributed by atoms with Crippen LogP contribution in [0.2, 0.25) is 0 Å². The Morgan fingerprint density at radius 3 is 2.50 bits per heavy atom. The number of carbonyl (C=O) groups is 3. The monoisotopic (exact) mass is 355 g/mol. The maximum atomic E-state index is 13.0. The van der Waals surface area contributed by atoms with Crippen molar-refractivity contribution in [2.75, 3.05) is 31.5 Å². The molecule has 6 heteroatoms. The summed E-state index contributed by atoms with van der Waals surface area (Å²) in [4.78, 5) is 41.1. The Bertz CT molecular complexity index is 783. The molecule has 3 aliphatic rings. The number of hydrogen-bond donors (Lipinski definition) is 1. The standard InChI is InChI=1S/C20H25N3O3/c1-20(2)15-12-14(6-7-16(15)21-19(20)26)18(25)23-9-3-8-22(10-11-23)17(24)13-4-5-13/h6-7,12-13H,3-5,8-11H2,1-2H3,(H,21,26). The molecule has 2 fully saturated rings. The van der Waals surface area contributed by atoms with Crippen molar-refractivity contribution in [1.29, 1.82) is 0 Å². The van der Waals surface area contributed by atoms with E-state index in [1.807, 2.05) is 35.8 Å². The Hall–Kier alpha value is -2.37. The molecule has 0 radical (unpaired) electrons. The van der Waals surface area contributed by atoms with Gasteiger partial charge in [-0.3, -0.25) is 14.4 Å². The van der Waals surface area contributed by atoms with E-state index in [-0.39, 0.29) is 23.6 Å². The molecule has 138 valence electrons. The number of rotatable bonds is 2. The molecule has 1 aliphatic carbocycles. The van der Waals surface area contributed by atoms with Gasteiger partial charge < -0.3 is 15.1 Å². The van der Waals surface area contributed by atoms with Gasteiger partial charge in [0.2, 0.25) is 11.8 Å². The Balaban J connectivity index is 1.49. The van der Waals surface area contributed by atoms with Crippen LogP contribution in [0.5, 0.6) is 0 Å². The molecular weight excluding hydrogens is 330 g/mol. The molecule has 2 heterocycles. The van der Waals surface area contributed by atoms with Crippen LogP contribution in [0.3, 0.4) is 0 Å². The lowest BCUT2D eigenvalue weighted by atomic mass is 9.85. The molecule has 0 spiro atoms. The Morgan fingerprint density at radius 1 is 1.08 bits per heavy atom. The van der Waals surface area contributed by atoms with Crippen LogP contribution in [0, 0.1) is 5.92 Å². The zero-order chi connectivity index (χ0) is 18.5. The number of hydrogen-bond acceptors (Lipinski definition) is 3. The van der Waals surface area contributed by atoms with E-state index < -0.39 is 5.41 Å². The lowest BCUT2D eigenvalue weighted by Gasteiger charge is -2.23. The highest BCUT2D eigenvalue weighted by atomic mass is 16.2. The SMILES string of the molecule is CC1(C)C(=O)Nc2ccc(C(=O)N3CCCN(C(=O)C4CC4)CC3)cc21. The first-order chi connectivity index (χ1) is 12.4. The first kappa shape index (κ1) is 17.1. The number of anilines is 1. The topological polar surface area (TPSA) is 69.7 Å². The third-order valence-corrected chi connectivity index (χ3v) is 5.78. The van der Waals surface area contributed by atoms with E-state index in [1.165, 1.54) is 0 Å². The molecular formula is C20H25N3O3. The average Bonchev–Trinajstić information content (AvgIpc) is 3.44. The third-order valence-electron chi connectivity index (χ3n) is 5.78. The maximum Gasteiger partial charge on any atom is 0.253 e. The summed E-state index contributed by atoms with van der Waals surface area (Å²) in [6.07, 6.45) is 2.83. The molecule has 1 N–H and O–H groups in total. The molecule has 1 saturated heterocycles. The zero-order valence-electron chi connectivity index (χ0n) is 15.4. The summed E-state index contributed by atoms with van der Waals surface area (Å²) in [5, 5.41) is 2.87. The molecule has 2 aliphatic heterocycles. The van der Waals surface area contributed by atoms with Crippen LogP contribution in [0.1, 0.15) is 49.0 Å². The summed E-state index contributed by atoms with van der Waals surface area (Å²) in [5.41, 5.74) is 1.63. The van der Waals surface area contributed by atoms with Gasteiger partial charge in [0.25, 0.3) is 5.91 Å². The Kier molecular flexibility index (Phi) is 4.01. The van der Waals surface area contributed by atoms with Crippen molar-refractivity contribution < 1.29 is 14.4 Å². The normalized spacial score (nSPS) is 21.8. The van der Waals surface area contributed by atoms with Crippen molar-refractivity contribution in [2.24, 2.45) is 5.92 Å².